The topological polar surface area (TPSA) is 107 Å². The van der Waals surface area contributed by atoms with Crippen LogP contribution in [0.2, 0.25) is 0 Å². The monoisotopic (exact) mass is 285 g/mol. The Morgan fingerprint density at radius 2 is 1.67 bits per heavy atom. The van der Waals surface area contributed by atoms with Crippen molar-refractivity contribution < 1.29 is 24.4 Å². The number of nitrogens with zero attached hydrogens (tertiary/aromatic N) is 1. The smallest absolute Gasteiger partial charge is 0.449 e. The number of rotatable bonds is 2. The zero-order chi connectivity index (χ0) is 15.1. The summed E-state index contributed by atoms with van der Waals surface area (Å²) in [6.45, 7) is 0. The Bertz CT molecular complexity index is 811. The maximum atomic E-state index is 12.3. The van der Waals surface area contributed by atoms with Gasteiger partial charge in [-0.3, -0.25) is 14.9 Å². The van der Waals surface area contributed by atoms with Gasteiger partial charge in [-0.05, 0) is 35.4 Å². The van der Waals surface area contributed by atoms with Crippen LogP contribution in [0, 0.1) is 10.1 Å². The van der Waals surface area contributed by atoms with Crippen molar-refractivity contribution in [3.05, 3.63) is 57.6 Å². The number of hydrogen-bond donors (Lipinski definition) is 1. The number of ether oxygens (including phenoxy) is 1. The summed E-state index contributed by atoms with van der Waals surface area (Å²) in [6.07, 6.45) is -1.48. The third kappa shape index (κ3) is 2.00. The lowest BCUT2D eigenvalue weighted by atomic mass is 10.1. The predicted octanol–water partition coefficient (Wildman–Crippen LogP) is 2.86. The third-order valence-electron chi connectivity index (χ3n) is 3.19. The Morgan fingerprint density at radius 3 is 2.29 bits per heavy atom. The number of hydrogen-bond acceptors (Lipinski definition) is 5. The van der Waals surface area contributed by atoms with Crippen molar-refractivity contribution in [2.45, 2.75) is 0 Å². The highest BCUT2D eigenvalue weighted by atomic mass is 16.7. The molecule has 0 amide bonds. The molecule has 0 bridgehead atoms. The molecule has 0 radical (unpaired) electrons. The molecule has 0 saturated heterocycles. The number of nitro groups is 1. The van der Waals surface area contributed by atoms with Gasteiger partial charge in [-0.2, -0.15) is 0 Å². The van der Waals surface area contributed by atoms with E-state index in [0.717, 1.165) is 0 Å². The van der Waals surface area contributed by atoms with Crippen LogP contribution in [0.25, 0.3) is 11.1 Å². The van der Waals surface area contributed by atoms with Crippen molar-refractivity contribution in [3.8, 4) is 16.9 Å². The van der Waals surface area contributed by atoms with E-state index in [-0.39, 0.29) is 28.3 Å². The van der Waals surface area contributed by atoms with Crippen molar-refractivity contribution in [3.63, 3.8) is 0 Å². The van der Waals surface area contributed by atoms with Crippen LogP contribution in [0.4, 0.5) is 10.5 Å². The molecule has 0 fully saturated rings. The van der Waals surface area contributed by atoms with Crippen LogP contribution in [0.1, 0.15) is 15.9 Å². The van der Waals surface area contributed by atoms with Crippen molar-refractivity contribution >= 4 is 17.6 Å². The molecular weight excluding hydrogens is 278 g/mol. The summed E-state index contributed by atoms with van der Waals surface area (Å²) in [7, 11) is 0. The molecule has 3 rings (SSSR count). The molecule has 2 aromatic rings. The van der Waals surface area contributed by atoms with E-state index >= 15 is 0 Å². The molecule has 0 unspecified atom stereocenters. The maximum Gasteiger partial charge on any atom is 0.511 e. The van der Waals surface area contributed by atoms with Gasteiger partial charge < -0.3 is 9.84 Å². The highest BCUT2D eigenvalue weighted by Crippen LogP contribution is 2.39. The zero-order valence-corrected chi connectivity index (χ0v) is 10.4. The molecule has 2 aromatic carbocycles. The van der Waals surface area contributed by atoms with E-state index in [9.17, 15) is 19.7 Å². The maximum absolute atomic E-state index is 12.3. The van der Waals surface area contributed by atoms with Gasteiger partial charge >= 0.3 is 6.16 Å². The predicted molar refractivity (Wildman–Crippen MR) is 70.6 cm³/mol. The van der Waals surface area contributed by atoms with Gasteiger partial charge in [-0.25, -0.2) is 4.79 Å². The number of carboxylic acid groups (broad SMARTS) is 1. The second-order valence-corrected chi connectivity index (χ2v) is 4.39. The zero-order valence-electron chi connectivity index (χ0n) is 10.4. The fraction of sp³-hybridized carbons (Fsp3) is 0. The first-order chi connectivity index (χ1) is 9.97. The number of carbonyl (C=O) groups excluding carboxylic acids is 1. The van der Waals surface area contributed by atoms with Crippen LogP contribution in [0.3, 0.4) is 0 Å². The average Bonchev–Trinajstić information content (AvgIpc) is 2.71. The van der Waals surface area contributed by atoms with Crippen LogP contribution >= 0.6 is 0 Å². The third-order valence-corrected chi connectivity index (χ3v) is 3.19. The molecule has 0 spiro atoms. The lowest BCUT2D eigenvalue weighted by molar-refractivity contribution is -0.384. The van der Waals surface area contributed by atoms with Gasteiger partial charge in [-0.15, -0.1) is 0 Å². The Morgan fingerprint density at radius 1 is 1.05 bits per heavy atom. The molecule has 0 aromatic heterocycles. The Labute approximate surface area is 117 Å². The van der Waals surface area contributed by atoms with E-state index in [1.165, 1.54) is 30.3 Å². The molecule has 1 N–H and O–H groups in total. The summed E-state index contributed by atoms with van der Waals surface area (Å²) in [5, 5.41) is 19.3. The first-order valence-electron chi connectivity index (χ1n) is 5.85. The molecule has 0 aliphatic heterocycles. The molecule has 0 atom stereocenters. The number of nitro benzene ring substituents is 1. The molecule has 7 nitrogen and oxygen atoms in total. The number of fused-ring (bicyclic) bond motifs is 3. The molecule has 1 aliphatic carbocycles. The van der Waals surface area contributed by atoms with Crippen LogP contribution < -0.4 is 4.74 Å². The van der Waals surface area contributed by atoms with E-state index in [4.69, 9.17) is 5.11 Å². The Kier molecular flexibility index (Phi) is 2.69. The minimum Gasteiger partial charge on any atom is -0.449 e. The van der Waals surface area contributed by atoms with Crippen molar-refractivity contribution in [2.24, 2.45) is 0 Å². The molecule has 1 aliphatic rings. The molecule has 7 heteroatoms. The van der Waals surface area contributed by atoms with Crippen molar-refractivity contribution in [1.82, 2.24) is 0 Å². The summed E-state index contributed by atoms with van der Waals surface area (Å²) >= 11 is 0. The van der Waals surface area contributed by atoms with Crippen molar-refractivity contribution in [2.75, 3.05) is 0 Å². The van der Waals surface area contributed by atoms with Gasteiger partial charge in [0.15, 0.2) is 5.78 Å². The van der Waals surface area contributed by atoms with Gasteiger partial charge in [0, 0.05) is 23.3 Å². The van der Waals surface area contributed by atoms with E-state index in [1.54, 1.807) is 6.07 Å². The van der Waals surface area contributed by atoms with Gasteiger partial charge in [0.05, 0.1) is 4.92 Å². The van der Waals surface area contributed by atoms with Crippen LogP contribution in [-0.4, -0.2) is 22.0 Å². The summed E-state index contributed by atoms with van der Waals surface area (Å²) < 4.78 is 4.50. The highest BCUT2D eigenvalue weighted by Gasteiger charge is 2.29. The molecule has 21 heavy (non-hydrogen) atoms. The number of non-ortho nitro benzene ring substituents is 1. The quantitative estimate of drug-likeness (QED) is 0.336. The summed E-state index contributed by atoms with van der Waals surface area (Å²) in [5.41, 5.74) is 1.51. The summed E-state index contributed by atoms with van der Waals surface area (Å²) in [4.78, 5) is 33.0. The molecular formula is C14H7NO6. The normalized spacial score (nSPS) is 11.7. The van der Waals surface area contributed by atoms with Crippen LogP contribution in [-0.2, 0) is 0 Å². The largest absolute Gasteiger partial charge is 0.511 e. The van der Waals surface area contributed by atoms with Gasteiger partial charge in [-0.1, -0.05) is 0 Å². The number of benzene rings is 2. The van der Waals surface area contributed by atoms with Gasteiger partial charge in [0.25, 0.3) is 5.69 Å². The Hall–Kier alpha value is -3.22. The minimum atomic E-state index is -1.48. The fourth-order valence-electron chi connectivity index (χ4n) is 2.32. The second kappa shape index (κ2) is 4.41. The SMILES string of the molecule is O=C(O)Oc1ccc2c(c1)C(=O)c1cc([N+](=O)[O-])ccc1-2. The fourth-order valence-corrected chi connectivity index (χ4v) is 2.32. The molecule has 104 valence electrons. The summed E-state index contributed by atoms with van der Waals surface area (Å²) in [6, 6.07) is 8.35. The molecule has 0 heterocycles. The van der Waals surface area contributed by atoms with E-state index in [1.807, 2.05) is 0 Å². The Balaban J connectivity index is 2.11. The highest BCUT2D eigenvalue weighted by molar-refractivity contribution is 6.22. The van der Waals surface area contributed by atoms with Crippen LogP contribution in [0.15, 0.2) is 36.4 Å². The van der Waals surface area contributed by atoms with E-state index < -0.39 is 11.1 Å². The molecule has 0 saturated carbocycles. The first kappa shape index (κ1) is 12.8. The lowest BCUT2D eigenvalue weighted by Gasteiger charge is -2.02. The van der Waals surface area contributed by atoms with Crippen LogP contribution in [0.5, 0.6) is 5.75 Å². The minimum absolute atomic E-state index is 0.0249. The van der Waals surface area contributed by atoms with E-state index in [0.29, 0.717) is 11.1 Å². The standard InChI is InChI=1S/C14H7NO6/c16-13-11-5-7(15(19)20)1-3-9(11)10-4-2-8(6-12(10)13)21-14(17)18/h1-6H,(H,17,18). The van der Waals surface area contributed by atoms with Gasteiger partial charge in [0.1, 0.15) is 5.75 Å². The first-order valence-corrected chi connectivity index (χ1v) is 5.85. The summed E-state index contributed by atoms with van der Waals surface area (Å²) in [5.74, 6) is -0.364. The second-order valence-electron chi connectivity index (χ2n) is 4.39. The lowest BCUT2D eigenvalue weighted by Crippen LogP contribution is -2.04. The number of ketones is 1. The van der Waals surface area contributed by atoms with E-state index in [2.05, 4.69) is 4.74 Å². The number of carbonyl (C=O) groups is 2. The average molecular weight is 285 g/mol. The van der Waals surface area contributed by atoms with Gasteiger partial charge in [0.2, 0.25) is 0 Å². The van der Waals surface area contributed by atoms with Crippen molar-refractivity contribution in [1.29, 1.82) is 0 Å².